The molecule has 1 aliphatic heterocycles. The highest BCUT2D eigenvalue weighted by Gasteiger charge is 2.32. The lowest BCUT2D eigenvalue weighted by molar-refractivity contribution is -0.130. The Labute approximate surface area is 142 Å². The van der Waals surface area contributed by atoms with Crippen molar-refractivity contribution >= 4 is 0 Å². The quantitative estimate of drug-likeness (QED) is 0.849. The highest BCUT2D eigenvalue weighted by molar-refractivity contribution is 5.14. The highest BCUT2D eigenvalue weighted by atomic mass is 16.6. The summed E-state index contributed by atoms with van der Waals surface area (Å²) in [5, 5.41) is 10.2. The summed E-state index contributed by atoms with van der Waals surface area (Å²) < 4.78 is 17.2. The Bertz CT molecular complexity index is 627. The van der Waals surface area contributed by atoms with E-state index in [-0.39, 0.29) is 6.10 Å². The van der Waals surface area contributed by atoms with Gasteiger partial charge in [0.2, 0.25) is 0 Å². The van der Waals surface area contributed by atoms with E-state index in [9.17, 15) is 5.11 Å². The molecule has 0 unspecified atom stereocenters. The maximum absolute atomic E-state index is 10.2. The van der Waals surface area contributed by atoms with Gasteiger partial charge in [0.05, 0.1) is 26.1 Å². The molecule has 0 aromatic heterocycles. The molecule has 126 valence electrons. The molecule has 24 heavy (non-hydrogen) atoms. The fraction of sp³-hybridized carbons (Fsp3) is 0.300. The van der Waals surface area contributed by atoms with Crippen LogP contribution in [0, 0.1) is 0 Å². The van der Waals surface area contributed by atoms with E-state index in [2.05, 4.69) is 0 Å². The predicted octanol–water partition coefficient (Wildman–Crippen LogP) is 3.06. The second-order valence-corrected chi connectivity index (χ2v) is 5.76. The van der Waals surface area contributed by atoms with Crippen LogP contribution in [-0.4, -0.2) is 30.0 Å². The Kier molecular flexibility index (Phi) is 6.01. The molecule has 0 fully saturated rings. The molecule has 0 spiro atoms. The number of aliphatic hydroxyl groups excluding tert-OH is 1. The van der Waals surface area contributed by atoms with Gasteiger partial charge in [-0.05, 0) is 17.2 Å². The lowest BCUT2D eigenvalue weighted by Gasteiger charge is -2.32. The number of benzene rings is 2. The van der Waals surface area contributed by atoms with E-state index in [0.717, 1.165) is 11.1 Å². The van der Waals surface area contributed by atoms with Crippen molar-refractivity contribution in [2.75, 3.05) is 6.61 Å². The van der Waals surface area contributed by atoms with Gasteiger partial charge in [-0.25, -0.2) is 0 Å². The molecule has 0 bridgehead atoms. The van der Waals surface area contributed by atoms with E-state index in [1.54, 1.807) is 6.08 Å². The van der Waals surface area contributed by atoms with Crippen LogP contribution in [0.1, 0.15) is 11.1 Å². The standard InChI is InChI=1S/C20H22O4/c21-18-11-12-23-19(15-22-13-16-7-3-1-4-8-16)20(18)24-14-17-9-5-2-6-10-17/h1-12,18-21H,13-15H2/t18-,19-,20-/m1/s1. The summed E-state index contributed by atoms with van der Waals surface area (Å²) in [5.41, 5.74) is 2.16. The van der Waals surface area contributed by atoms with Gasteiger partial charge in [0.1, 0.15) is 18.3 Å². The van der Waals surface area contributed by atoms with E-state index in [4.69, 9.17) is 14.2 Å². The Morgan fingerprint density at radius 1 is 0.875 bits per heavy atom. The minimum absolute atomic E-state index is 0.336. The maximum atomic E-state index is 10.2. The van der Waals surface area contributed by atoms with Gasteiger partial charge < -0.3 is 19.3 Å². The van der Waals surface area contributed by atoms with Crippen LogP contribution in [0.15, 0.2) is 73.0 Å². The van der Waals surface area contributed by atoms with Crippen LogP contribution in [0.3, 0.4) is 0 Å². The van der Waals surface area contributed by atoms with Crippen LogP contribution >= 0.6 is 0 Å². The zero-order chi connectivity index (χ0) is 16.6. The summed E-state index contributed by atoms with van der Waals surface area (Å²) in [6.07, 6.45) is 1.63. The van der Waals surface area contributed by atoms with Crippen molar-refractivity contribution in [1.29, 1.82) is 0 Å². The number of aliphatic hydroxyl groups is 1. The molecule has 0 saturated heterocycles. The Hall–Kier alpha value is -2.14. The third kappa shape index (κ3) is 4.68. The fourth-order valence-electron chi connectivity index (χ4n) is 2.61. The molecule has 4 nitrogen and oxygen atoms in total. The van der Waals surface area contributed by atoms with Crippen molar-refractivity contribution < 1.29 is 19.3 Å². The van der Waals surface area contributed by atoms with E-state index < -0.39 is 12.2 Å². The summed E-state index contributed by atoms with van der Waals surface area (Å²) in [7, 11) is 0. The summed E-state index contributed by atoms with van der Waals surface area (Å²) in [5.74, 6) is 0. The molecule has 0 radical (unpaired) electrons. The number of rotatable bonds is 7. The molecular formula is C20H22O4. The Morgan fingerprint density at radius 3 is 2.17 bits per heavy atom. The second kappa shape index (κ2) is 8.64. The van der Waals surface area contributed by atoms with Crippen molar-refractivity contribution in [3.8, 4) is 0 Å². The molecule has 1 aliphatic rings. The number of ether oxygens (including phenoxy) is 3. The van der Waals surface area contributed by atoms with Crippen molar-refractivity contribution in [1.82, 2.24) is 0 Å². The van der Waals surface area contributed by atoms with E-state index in [1.807, 2.05) is 60.7 Å². The van der Waals surface area contributed by atoms with Gasteiger partial charge in [-0.15, -0.1) is 0 Å². The lowest BCUT2D eigenvalue weighted by Crippen LogP contribution is -2.44. The zero-order valence-corrected chi connectivity index (χ0v) is 13.5. The molecule has 3 rings (SSSR count). The van der Waals surface area contributed by atoms with Gasteiger partial charge in [0.15, 0.2) is 0 Å². The van der Waals surface area contributed by atoms with E-state index in [0.29, 0.717) is 19.8 Å². The topological polar surface area (TPSA) is 47.9 Å². The van der Waals surface area contributed by atoms with Crippen LogP contribution in [0.4, 0.5) is 0 Å². The molecule has 0 amide bonds. The molecule has 1 N–H and O–H groups in total. The first-order valence-electron chi connectivity index (χ1n) is 8.10. The zero-order valence-electron chi connectivity index (χ0n) is 13.5. The van der Waals surface area contributed by atoms with Crippen molar-refractivity contribution in [3.63, 3.8) is 0 Å². The molecule has 4 heteroatoms. The largest absolute Gasteiger partial charge is 0.493 e. The minimum atomic E-state index is -0.701. The Morgan fingerprint density at radius 2 is 1.50 bits per heavy atom. The second-order valence-electron chi connectivity index (χ2n) is 5.76. The molecule has 2 aromatic carbocycles. The number of hydrogen-bond acceptors (Lipinski definition) is 4. The smallest absolute Gasteiger partial charge is 0.150 e. The van der Waals surface area contributed by atoms with Gasteiger partial charge in [0.25, 0.3) is 0 Å². The summed E-state index contributed by atoms with van der Waals surface area (Å²) in [6.45, 7) is 1.29. The monoisotopic (exact) mass is 326 g/mol. The van der Waals surface area contributed by atoms with Gasteiger partial charge >= 0.3 is 0 Å². The van der Waals surface area contributed by atoms with Crippen molar-refractivity contribution in [2.24, 2.45) is 0 Å². The third-order valence-corrected chi connectivity index (χ3v) is 3.91. The first kappa shape index (κ1) is 16.7. The molecule has 3 atom stereocenters. The minimum Gasteiger partial charge on any atom is -0.493 e. The molecule has 1 heterocycles. The van der Waals surface area contributed by atoms with Crippen LogP contribution in [0.25, 0.3) is 0 Å². The molecule has 0 saturated carbocycles. The maximum Gasteiger partial charge on any atom is 0.150 e. The SMILES string of the molecule is O[C@@H]1C=CO[C@H](COCc2ccccc2)[C@@H]1OCc1ccccc1. The first-order valence-corrected chi connectivity index (χ1v) is 8.10. The van der Waals surface area contributed by atoms with Crippen LogP contribution < -0.4 is 0 Å². The normalized spacial score (nSPS) is 23.0. The van der Waals surface area contributed by atoms with Crippen LogP contribution in [0.5, 0.6) is 0 Å². The molecule has 2 aromatic rings. The number of hydrogen-bond donors (Lipinski definition) is 1. The van der Waals surface area contributed by atoms with Gasteiger partial charge in [0, 0.05) is 0 Å². The summed E-state index contributed by atoms with van der Waals surface area (Å²) in [4.78, 5) is 0. The van der Waals surface area contributed by atoms with Gasteiger partial charge in [-0.2, -0.15) is 0 Å². The van der Waals surface area contributed by atoms with Gasteiger partial charge in [-0.3, -0.25) is 0 Å². The highest BCUT2D eigenvalue weighted by Crippen LogP contribution is 2.19. The van der Waals surface area contributed by atoms with Crippen molar-refractivity contribution in [2.45, 2.75) is 31.5 Å². The molecule has 0 aliphatic carbocycles. The average molecular weight is 326 g/mol. The van der Waals surface area contributed by atoms with Crippen LogP contribution in [-0.2, 0) is 27.4 Å². The first-order chi connectivity index (χ1) is 11.8. The summed E-state index contributed by atoms with van der Waals surface area (Å²) >= 11 is 0. The molecular weight excluding hydrogens is 304 g/mol. The van der Waals surface area contributed by atoms with Gasteiger partial charge in [-0.1, -0.05) is 60.7 Å². The van der Waals surface area contributed by atoms with E-state index in [1.165, 1.54) is 6.26 Å². The van der Waals surface area contributed by atoms with Crippen molar-refractivity contribution in [3.05, 3.63) is 84.1 Å². The fourth-order valence-corrected chi connectivity index (χ4v) is 2.61. The average Bonchev–Trinajstić information content (AvgIpc) is 2.63. The third-order valence-electron chi connectivity index (χ3n) is 3.91. The predicted molar refractivity (Wildman–Crippen MR) is 91.1 cm³/mol. The van der Waals surface area contributed by atoms with Crippen LogP contribution in [0.2, 0.25) is 0 Å². The Balaban J connectivity index is 1.53. The summed E-state index contributed by atoms with van der Waals surface area (Å²) in [6, 6.07) is 19.8. The lowest BCUT2D eigenvalue weighted by atomic mass is 10.1. The van der Waals surface area contributed by atoms with E-state index >= 15 is 0 Å².